The summed E-state index contributed by atoms with van der Waals surface area (Å²) in [5.74, 6) is 1.15. The number of hydrogen-bond acceptors (Lipinski definition) is 5. The quantitative estimate of drug-likeness (QED) is 0.591. The molecule has 130 valence electrons. The van der Waals surface area contributed by atoms with Gasteiger partial charge in [-0.3, -0.25) is 0 Å². The molecule has 0 spiro atoms. The largest absolute Gasteiger partial charge is 0.507 e. The van der Waals surface area contributed by atoms with Gasteiger partial charge in [0.15, 0.2) is 0 Å². The Morgan fingerprint density at radius 2 is 2.04 bits per heavy atom. The standard InChI is InChI=1S/C20H15BrN2O2S/c21-12-7-8-18-14(10-12)16-11-15(13-4-1-2-5-17(13)24)22-23(16)20(25-18)19-6-3-9-26-19/h1-10,16,20,24H,11H2/t16-,20+/m0/s1. The van der Waals surface area contributed by atoms with Gasteiger partial charge in [-0.05, 0) is 41.8 Å². The van der Waals surface area contributed by atoms with Crippen LogP contribution in [0, 0.1) is 0 Å². The third kappa shape index (κ3) is 2.52. The maximum atomic E-state index is 10.3. The molecule has 3 aromatic rings. The molecule has 2 aliphatic rings. The Balaban J connectivity index is 1.62. The highest BCUT2D eigenvalue weighted by Crippen LogP contribution is 2.49. The molecule has 4 nitrogen and oxygen atoms in total. The van der Waals surface area contributed by atoms with Crippen molar-refractivity contribution < 1.29 is 9.84 Å². The lowest BCUT2D eigenvalue weighted by atomic mass is 9.96. The molecule has 2 aliphatic heterocycles. The van der Waals surface area contributed by atoms with E-state index in [4.69, 9.17) is 9.84 Å². The molecule has 0 radical (unpaired) electrons. The van der Waals surface area contributed by atoms with Crippen LogP contribution in [-0.2, 0) is 0 Å². The first-order valence-electron chi connectivity index (χ1n) is 8.34. The summed E-state index contributed by atoms with van der Waals surface area (Å²) in [5.41, 5.74) is 2.77. The van der Waals surface area contributed by atoms with E-state index < -0.39 is 0 Å². The van der Waals surface area contributed by atoms with Gasteiger partial charge in [-0.1, -0.05) is 34.1 Å². The van der Waals surface area contributed by atoms with Crippen molar-refractivity contribution in [2.24, 2.45) is 5.10 Å². The summed E-state index contributed by atoms with van der Waals surface area (Å²) < 4.78 is 7.32. The lowest BCUT2D eigenvalue weighted by Crippen LogP contribution is -2.33. The van der Waals surface area contributed by atoms with Crippen molar-refractivity contribution in [3.63, 3.8) is 0 Å². The number of fused-ring (bicyclic) bond motifs is 3. The van der Waals surface area contributed by atoms with Gasteiger partial charge in [0.2, 0.25) is 6.23 Å². The number of ether oxygens (including phenoxy) is 1. The molecule has 0 saturated heterocycles. The average Bonchev–Trinajstić information content (AvgIpc) is 3.32. The van der Waals surface area contributed by atoms with Gasteiger partial charge >= 0.3 is 0 Å². The Morgan fingerprint density at radius 3 is 2.85 bits per heavy atom. The first kappa shape index (κ1) is 15.9. The number of halogens is 1. The van der Waals surface area contributed by atoms with Crippen LogP contribution in [0.2, 0.25) is 0 Å². The number of aromatic hydroxyl groups is 1. The Labute approximate surface area is 163 Å². The fourth-order valence-corrected chi connectivity index (χ4v) is 4.68. The summed E-state index contributed by atoms with van der Waals surface area (Å²) in [7, 11) is 0. The van der Waals surface area contributed by atoms with Crippen LogP contribution in [0.1, 0.15) is 34.7 Å². The van der Waals surface area contributed by atoms with Crippen LogP contribution in [0.5, 0.6) is 11.5 Å². The van der Waals surface area contributed by atoms with E-state index in [-0.39, 0.29) is 18.0 Å². The second-order valence-corrected chi connectivity index (χ2v) is 8.23. The minimum atomic E-state index is -0.253. The van der Waals surface area contributed by atoms with Crippen molar-refractivity contribution in [2.45, 2.75) is 18.7 Å². The van der Waals surface area contributed by atoms with Gasteiger partial charge in [0.1, 0.15) is 11.5 Å². The SMILES string of the molecule is Oc1ccccc1C1=NN2[C@@H](c3cccs3)Oc3ccc(Br)cc3[C@@H]2C1. The van der Waals surface area contributed by atoms with E-state index in [0.717, 1.165) is 38.4 Å². The van der Waals surface area contributed by atoms with E-state index in [1.165, 1.54) is 0 Å². The Kier molecular flexibility index (Phi) is 3.76. The number of rotatable bonds is 2. The number of benzene rings is 2. The molecule has 0 amide bonds. The number of para-hydroxylation sites is 1. The van der Waals surface area contributed by atoms with Crippen LogP contribution in [0.4, 0.5) is 0 Å². The molecular weight excluding hydrogens is 412 g/mol. The van der Waals surface area contributed by atoms with Gasteiger partial charge in [-0.15, -0.1) is 11.3 Å². The highest BCUT2D eigenvalue weighted by Gasteiger charge is 2.41. The Bertz CT molecular complexity index is 1000. The van der Waals surface area contributed by atoms with E-state index in [0.29, 0.717) is 0 Å². The monoisotopic (exact) mass is 426 g/mol. The van der Waals surface area contributed by atoms with E-state index in [1.54, 1.807) is 17.4 Å². The third-order valence-corrected chi connectivity index (χ3v) is 6.15. The molecule has 1 N–H and O–H groups in total. The van der Waals surface area contributed by atoms with E-state index in [9.17, 15) is 5.11 Å². The number of hydrazone groups is 1. The molecule has 0 aliphatic carbocycles. The second-order valence-electron chi connectivity index (χ2n) is 6.33. The summed E-state index contributed by atoms with van der Waals surface area (Å²) in [6.07, 6.45) is 0.476. The number of phenols is 1. The zero-order valence-corrected chi connectivity index (χ0v) is 16.1. The normalized spacial score (nSPS) is 21.0. The molecule has 0 unspecified atom stereocenters. The first-order chi connectivity index (χ1) is 12.7. The van der Waals surface area contributed by atoms with Crippen molar-refractivity contribution >= 4 is 33.0 Å². The highest BCUT2D eigenvalue weighted by molar-refractivity contribution is 9.10. The number of phenolic OH excluding ortho intramolecular Hbond substituents is 1. The summed E-state index contributed by atoms with van der Waals surface area (Å²) in [5, 5.41) is 19.2. The van der Waals surface area contributed by atoms with Crippen LogP contribution < -0.4 is 4.74 Å². The zero-order valence-electron chi connectivity index (χ0n) is 13.7. The molecule has 0 saturated carbocycles. The third-order valence-electron chi connectivity index (χ3n) is 4.75. The van der Waals surface area contributed by atoms with E-state index in [2.05, 4.69) is 33.4 Å². The number of nitrogens with zero attached hydrogens (tertiary/aromatic N) is 2. The maximum absolute atomic E-state index is 10.3. The van der Waals surface area contributed by atoms with Crippen LogP contribution in [-0.4, -0.2) is 15.8 Å². The van der Waals surface area contributed by atoms with Crippen LogP contribution in [0.25, 0.3) is 0 Å². The Hall–Kier alpha value is -2.31. The predicted molar refractivity (Wildman–Crippen MR) is 106 cm³/mol. The van der Waals surface area contributed by atoms with Crippen molar-refractivity contribution in [3.8, 4) is 11.5 Å². The van der Waals surface area contributed by atoms with Crippen molar-refractivity contribution in [1.82, 2.24) is 5.01 Å². The van der Waals surface area contributed by atoms with Gasteiger partial charge < -0.3 is 9.84 Å². The molecule has 1 aromatic heterocycles. The minimum absolute atomic E-state index is 0.0814. The molecular formula is C20H15BrN2O2S. The fraction of sp³-hybridized carbons (Fsp3) is 0.150. The second kappa shape index (κ2) is 6.14. The molecule has 2 atom stereocenters. The number of hydrogen-bond donors (Lipinski definition) is 1. The number of thiophene rings is 1. The van der Waals surface area contributed by atoms with Gasteiger partial charge in [0, 0.05) is 22.0 Å². The van der Waals surface area contributed by atoms with Gasteiger partial charge in [-0.25, -0.2) is 5.01 Å². The van der Waals surface area contributed by atoms with E-state index in [1.807, 2.05) is 41.4 Å². The molecule has 6 heteroatoms. The molecule has 0 bridgehead atoms. The molecule has 26 heavy (non-hydrogen) atoms. The van der Waals surface area contributed by atoms with Gasteiger partial charge in [0.25, 0.3) is 0 Å². The summed E-state index contributed by atoms with van der Waals surface area (Å²) in [4.78, 5) is 1.12. The highest BCUT2D eigenvalue weighted by atomic mass is 79.9. The first-order valence-corrected chi connectivity index (χ1v) is 10.0. The Morgan fingerprint density at radius 1 is 1.15 bits per heavy atom. The predicted octanol–water partition coefficient (Wildman–Crippen LogP) is 5.46. The lowest BCUT2D eigenvalue weighted by molar-refractivity contribution is -0.0166. The molecule has 2 aromatic carbocycles. The molecule has 0 fully saturated rings. The fourth-order valence-electron chi connectivity index (χ4n) is 3.56. The molecule has 5 rings (SSSR count). The lowest BCUT2D eigenvalue weighted by Gasteiger charge is -2.37. The van der Waals surface area contributed by atoms with Crippen molar-refractivity contribution in [1.29, 1.82) is 0 Å². The average molecular weight is 427 g/mol. The van der Waals surface area contributed by atoms with Crippen LogP contribution in [0.3, 0.4) is 0 Å². The van der Waals surface area contributed by atoms with Crippen molar-refractivity contribution in [3.05, 3.63) is 80.5 Å². The smallest absolute Gasteiger partial charge is 0.222 e. The maximum Gasteiger partial charge on any atom is 0.222 e. The van der Waals surface area contributed by atoms with Gasteiger partial charge in [-0.2, -0.15) is 5.10 Å². The van der Waals surface area contributed by atoms with Crippen LogP contribution >= 0.6 is 27.3 Å². The van der Waals surface area contributed by atoms with E-state index >= 15 is 0 Å². The van der Waals surface area contributed by atoms with Crippen LogP contribution in [0.15, 0.2) is 69.6 Å². The topological polar surface area (TPSA) is 45.1 Å². The minimum Gasteiger partial charge on any atom is -0.507 e. The summed E-state index contributed by atoms with van der Waals surface area (Å²) >= 11 is 5.23. The van der Waals surface area contributed by atoms with Gasteiger partial charge in [0.05, 0.1) is 16.6 Å². The molecule has 3 heterocycles. The zero-order chi connectivity index (χ0) is 17.7. The van der Waals surface area contributed by atoms with Crippen molar-refractivity contribution in [2.75, 3.05) is 0 Å². The summed E-state index contributed by atoms with van der Waals surface area (Å²) in [6.45, 7) is 0. The summed E-state index contributed by atoms with van der Waals surface area (Å²) in [6, 6.07) is 17.7.